The molecule has 0 saturated heterocycles. The van der Waals surface area contributed by atoms with Crippen molar-refractivity contribution in [1.82, 2.24) is 20.2 Å². The minimum absolute atomic E-state index is 0.223. The van der Waals surface area contributed by atoms with Crippen LogP contribution in [0.3, 0.4) is 0 Å². The van der Waals surface area contributed by atoms with Crippen LogP contribution in [-0.4, -0.2) is 39.9 Å². The van der Waals surface area contributed by atoms with Crippen molar-refractivity contribution in [2.45, 2.75) is 32.2 Å². The summed E-state index contributed by atoms with van der Waals surface area (Å²) in [6.45, 7) is 1.53. The molecular formula is C17H21N5O3S. The second kappa shape index (κ2) is 9.62. The molecule has 1 aromatic heterocycles. The summed E-state index contributed by atoms with van der Waals surface area (Å²) in [7, 11) is 0. The maximum atomic E-state index is 12.1. The first-order chi connectivity index (χ1) is 12.5. The second-order valence-corrected chi connectivity index (χ2v) is 6.31. The van der Waals surface area contributed by atoms with Gasteiger partial charge in [-0.2, -0.15) is 0 Å². The summed E-state index contributed by atoms with van der Waals surface area (Å²) in [5.41, 5.74) is 7.80. The Hall–Kier alpha value is -2.81. The predicted molar refractivity (Wildman–Crippen MR) is 98.1 cm³/mol. The molecule has 0 aliphatic rings. The number of amides is 3. The molecule has 2 aromatic rings. The molecule has 0 radical (unpaired) electrons. The van der Waals surface area contributed by atoms with Crippen molar-refractivity contribution in [3.63, 3.8) is 0 Å². The molecule has 0 saturated carbocycles. The highest BCUT2D eigenvalue weighted by molar-refractivity contribution is 7.03. The number of carbonyl (C=O) groups is 3. The molecule has 26 heavy (non-hydrogen) atoms. The SMILES string of the molecule is CC[C@H](NC(=O)CCc1ccc(-c2csnn2)cc1)C(=O)NCC(N)=O. The van der Waals surface area contributed by atoms with Crippen LogP contribution in [0.5, 0.6) is 0 Å². The molecule has 0 aliphatic carbocycles. The average Bonchev–Trinajstić information content (AvgIpc) is 3.17. The molecule has 4 N–H and O–H groups in total. The lowest BCUT2D eigenvalue weighted by Crippen LogP contribution is -2.48. The number of primary amides is 1. The van der Waals surface area contributed by atoms with Gasteiger partial charge in [-0.05, 0) is 29.9 Å². The van der Waals surface area contributed by atoms with E-state index in [1.807, 2.05) is 29.6 Å². The van der Waals surface area contributed by atoms with Crippen molar-refractivity contribution in [3.05, 3.63) is 35.2 Å². The zero-order valence-electron chi connectivity index (χ0n) is 14.4. The highest BCUT2D eigenvalue weighted by Crippen LogP contribution is 2.18. The van der Waals surface area contributed by atoms with Gasteiger partial charge < -0.3 is 16.4 Å². The van der Waals surface area contributed by atoms with E-state index in [-0.39, 0.29) is 18.9 Å². The highest BCUT2D eigenvalue weighted by atomic mass is 32.1. The molecule has 2 rings (SSSR count). The maximum Gasteiger partial charge on any atom is 0.243 e. The van der Waals surface area contributed by atoms with Gasteiger partial charge in [-0.15, -0.1) is 5.10 Å². The smallest absolute Gasteiger partial charge is 0.243 e. The van der Waals surface area contributed by atoms with E-state index in [9.17, 15) is 14.4 Å². The van der Waals surface area contributed by atoms with Crippen molar-refractivity contribution in [1.29, 1.82) is 0 Å². The van der Waals surface area contributed by atoms with E-state index in [1.54, 1.807) is 6.92 Å². The van der Waals surface area contributed by atoms with Gasteiger partial charge in [-0.25, -0.2) is 0 Å². The minimum atomic E-state index is -0.679. The number of nitrogens with zero attached hydrogens (tertiary/aromatic N) is 2. The Labute approximate surface area is 155 Å². The van der Waals surface area contributed by atoms with Gasteiger partial charge in [-0.1, -0.05) is 35.7 Å². The number of rotatable bonds is 9. The van der Waals surface area contributed by atoms with E-state index in [4.69, 9.17) is 5.73 Å². The van der Waals surface area contributed by atoms with Gasteiger partial charge in [0.1, 0.15) is 11.7 Å². The number of benzene rings is 1. The van der Waals surface area contributed by atoms with E-state index in [0.29, 0.717) is 12.8 Å². The van der Waals surface area contributed by atoms with Gasteiger partial charge in [0.2, 0.25) is 17.7 Å². The first-order valence-corrected chi connectivity index (χ1v) is 9.05. The van der Waals surface area contributed by atoms with Gasteiger partial charge in [-0.3, -0.25) is 14.4 Å². The Morgan fingerprint density at radius 3 is 2.54 bits per heavy atom. The largest absolute Gasteiger partial charge is 0.368 e. The van der Waals surface area contributed by atoms with Crippen molar-refractivity contribution in [2.75, 3.05) is 6.54 Å². The molecule has 1 aromatic carbocycles. The molecule has 1 heterocycles. The van der Waals surface area contributed by atoms with Gasteiger partial charge in [0.05, 0.1) is 6.54 Å². The molecule has 0 unspecified atom stereocenters. The predicted octanol–water partition coefficient (Wildman–Crippen LogP) is 0.634. The molecule has 9 heteroatoms. The summed E-state index contributed by atoms with van der Waals surface area (Å²) < 4.78 is 3.83. The van der Waals surface area contributed by atoms with Gasteiger partial charge in [0, 0.05) is 17.4 Å². The fourth-order valence-electron chi connectivity index (χ4n) is 2.31. The third-order valence-electron chi connectivity index (χ3n) is 3.75. The first-order valence-electron chi connectivity index (χ1n) is 8.21. The van der Waals surface area contributed by atoms with E-state index in [1.165, 1.54) is 11.5 Å². The van der Waals surface area contributed by atoms with Crippen molar-refractivity contribution < 1.29 is 14.4 Å². The van der Waals surface area contributed by atoms with Crippen LogP contribution >= 0.6 is 11.5 Å². The number of nitrogens with two attached hydrogens (primary N) is 1. The number of nitrogens with one attached hydrogen (secondary N) is 2. The Balaban J connectivity index is 1.81. The Bertz CT molecular complexity index is 746. The Morgan fingerprint density at radius 2 is 1.96 bits per heavy atom. The first kappa shape index (κ1) is 19.5. The lowest BCUT2D eigenvalue weighted by molar-refractivity contribution is -0.130. The normalized spacial score (nSPS) is 11.6. The molecule has 3 amide bonds. The molecule has 0 spiro atoms. The summed E-state index contributed by atoms with van der Waals surface area (Å²) in [5.74, 6) is -1.27. The van der Waals surface area contributed by atoms with Crippen LogP contribution in [0.2, 0.25) is 0 Å². The fourth-order valence-corrected chi connectivity index (χ4v) is 2.77. The average molecular weight is 375 g/mol. The van der Waals surface area contributed by atoms with Crippen LogP contribution in [0.4, 0.5) is 0 Å². The molecule has 0 aliphatic heterocycles. The van der Waals surface area contributed by atoms with Gasteiger partial charge in [0.25, 0.3) is 0 Å². The third kappa shape index (κ3) is 5.92. The number of carbonyl (C=O) groups excluding carboxylic acids is 3. The molecule has 138 valence electrons. The third-order valence-corrected chi connectivity index (χ3v) is 4.25. The Kier molecular flexibility index (Phi) is 7.22. The zero-order valence-corrected chi connectivity index (χ0v) is 15.2. The van der Waals surface area contributed by atoms with Gasteiger partial charge in [0.15, 0.2) is 0 Å². The monoisotopic (exact) mass is 375 g/mol. The summed E-state index contributed by atoms with van der Waals surface area (Å²) >= 11 is 1.30. The van der Waals surface area contributed by atoms with Crippen LogP contribution in [-0.2, 0) is 20.8 Å². The summed E-state index contributed by atoms with van der Waals surface area (Å²) in [6.07, 6.45) is 1.24. The molecule has 0 fully saturated rings. The molecular weight excluding hydrogens is 354 g/mol. The van der Waals surface area contributed by atoms with E-state index < -0.39 is 17.9 Å². The fraction of sp³-hybridized carbons (Fsp3) is 0.353. The van der Waals surface area contributed by atoms with E-state index in [2.05, 4.69) is 20.2 Å². The molecule has 0 bridgehead atoms. The molecule has 8 nitrogen and oxygen atoms in total. The van der Waals surface area contributed by atoms with Crippen LogP contribution in [0.25, 0.3) is 11.3 Å². The standard InChI is InChI=1S/C17H21N5O3S/c1-2-13(17(25)19-9-15(18)23)20-16(24)8-5-11-3-6-12(7-4-11)14-10-26-22-21-14/h3-4,6-7,10,13H,2,5,8-9H2,1H3,(H2,18,23)(H,19,25)(H,20,24)/t13-/m0/s1. The molecule has 1 atom stereocenters. The van der Waals surface area contributed by atoms with Crippen LogP contribution < -0.4 is 16.4 Å². The van der Waals surface area contributed by atoms with Crippen LogP contribution in [0.1, 0.15) is 25.3 Å². The van der Waals surface area contributed by atoms with E-state index in [0.717, 1.165) is 16.8 Å². The summed E-state index contributed by atoms with van der Waals surface area (Å²) in [4.78, 5) is 34.7. The number of hydrogen-bond donors (Lipinski definition) is 3. The van der Waals surface area contributed by atoms with E-state index >= 15 is 0 Å². The van der Waals surface area contributed by atoms with Gasteiger partial charge >= 0.3 is 0 Å². The van der Waals surface area contributed by atoms with Crippen LogP contribution in [0, 0.1) is 0 Å². The van der Waals surface area contributed by atoms with Crippen molar-refractivity contribution in [2.24, 2.45) is 5.73 Å². The zero-order chi connectivity index (χ0) is 18.9. The second-order valence-electron chi connectivity index (χ2n) is 5.70. The van der Waals surface area contributed by atoms with Crippen molar-refractivity contribution >= 4 is 29.3 Å². The number of hydrogen-bond acceptors (Lipinski definition) is 6. The summed E-state index contributed by atoms with van der Waals surface area (Å²) in [5, 5.41) is 11.0. The lowest BCUT2D eigenvalue weighted by atomic mass is 10.1. The Morgan fingerprint density at radius 1 is 1.23 bits per heavy atom. The minimum Gasteiger partial charge on any atom is -0.368 e. The number of aryl methyl sites for hydroxylation is 1. The lowest BCUT2D eigenvalue weighted by Gasteiger charge is -2.16. The van der Waals surface area contributed by atoms with Crippen LogP contribution in [0.15, 0.2) is 29.6 Å². The maximum absolute atomic E-state index is 12.1. The number of aromatic nitrogens is 2. The van der Waals surface area contributed by atoms with Crippen molar-refractivity contribution in [3.8, 4) is 11.3 Å². The highest BCUT2D eigenvalue weighted by Gasteiger charge is 2.18. The summed E-state index contributed by atoms with van der Waals surface area (Å²) in [6, 6.07) is 7.09. The topological polar surface area (TPSA) is 127 Å². The quantitative estimate of drug-likeness (QED) is 0.592.